The summed E-state index contributed by atoms with van der Waals surface area (Å²) in [4.78, 5) is 6.51. The van der Waals surface area contributed by atoms with Crippen LogP contribution in [0.5, 0.6) is 0 Å². The van der Waals surface area contributed by atoms with Gasteiger partial charge in [0.15, 0.2) is 15.8 Å². The molecule has 1 aliphatic heterocycles. The fourth-order valence-corrected chi connectivity index (χ4v) is 5.03. The van der Waals surface area contributed by atoms with Crippen LogP contribution in [0, 0.1) is 5.41 Å². The molecule has 7 nitrogen and oxygen atoms in total. The average molecular weight is 375 g/mol. The lowest BCUT2D eigenvalue weighted by Crippen LogP contribution is -2.47. The fraction of sp³-hybridized carbons (Fsp3) is 0.941. The molecule has 1 aliphatic carbocycles. The predicted octanol–water partition coefficient (Wildman–Crippen LogP) is 0.479. The summed E-state index contributed by atoms with van der Waals surface area (Å²) in [6, 6.07) is 0. The van der Waals surface area contributed by atoms with E-state index in [1.54, 1.807) is 14.2 Å². The molecule has 0 amide bonds. The number of nitrogens with one attached hydrogen (secondary N) is 2. The average Bonchev–Trinajstić information content (AvgIpc) is 3.06. The number of hydrogen-bond donors (Lipinski definition) is 2. The van der Waals surface area contributed by atoms with E-state index in [0.29, 0.717) is 18.5 Å². The van der Waals surface area contributed by atoms with Crippen molar-refractivity contribution in [2.45, 2.75) is 32.1 Å². The zero-order valence-electron chi connectivity index (χ0n) is 15.7. The maximum atomic E-state index is 11.5. The molecule has 1 heterocycles. The van der Waals surface area contributed by atoms with Crippen molar-refractivity contribution < 1.29 is 13.2 Å². The van der Waals surface area contributed by atoms with Gasteiger partial charge in [0.2, 0.25) is 0 Å². The van der Waals surface area contributed by atoms with Gasteiger partial charge in [-0.25, -0.2) is 8.42 Å². The molecule has 2 fully saturated rings. The van der Waals surface area contributed by atoms with Crippen molar-refractivity contribution in [3.8, 4) is 0 Å². The Hall–Kier alpha value is -0.860. The normalized spacial score (nSPS) is 23.5. The van der Waals surface area contributed by atoms with E-state index in [4.69, 9.17) is 4.74 Å². The van der Waals surface area contributed by atoms with Crippen LogP contribution in [-0.4, -0.2) is 84.3 Å². The zero-order valence-corrected chi connectivity index (χ0v) is 16.5. The molecule has 8 heteroatoms. The minimum absolute atomic E-state index is 0.280. The summed E-state index contributed by atoms with van der Waals surface area (Å²) >= 11 is 0. The lowest BCUT2D eigenvalue weighted by Gasteiger charge is -2.30. The summed E-state index contributed by atoms with van der Waals surface area (Å²) in [6.07, 6.45) is 6.20. The van der Waals surface area contributed by atoms with E-state index < -0.39 is 9.84 Å². The van der Waals surface area contributed by atoms with Crippen LogP contribution in [-0.2, 0) is 14.6 Å². The Kier molecular flexibility index (Phi) is 7.96. The van der Waals surface area contributed by atoms with Gasteiger partial charge in [0, 0.05) is 53.5 Å². The van der Waals surface area contributed by atoms with Crippen molar-refractivity contribution in [2.24, 2.45) is 10.4 Å². The molecule has 0 atom stereocenters. The molecule has 25 heavy (non-hydrogen) atoms. The Morgan fingerprint density at radius 2 is 1.88 bits per heavy atom. The number of rotatable bonds is 8. The molecule has 0 bridgehead atoms. The summed E-state index contributed by atoms with van der Waals surface area (Å²) in [5.74, 6) is 1.39. The van der Waals surface area contributed by atoms with Crippen molar-refractivity contribution in [3.05, 3.63) is 0 Å². The van der Waals surface area contributed by atoms with Crippen LogP contribution in [0.2, 0.25) is 0 Å². The largest absolute Gasteiger partial charge is 0.385 e. The van der Waals surface area contributed by atoms with Gasteiger partial charge in [-0.2, -0.15) is 0 Å². The first-order chi connectivity index (χ1) is 12.0. The second kappa shape index (κ2) is 9.73. The molecule has 0 radical (unpaired) electrons. The minimum atomic E-state index is -2.80. The molecule has 0 aromatic carbocycles. The standard InChI is InChI=1S/C17H34N4O3S/c1-18-16(19-8-9-21-10-13-25(22,23)14-11-21)20-15-17(7-12-24-2)5-3-4-6-17/h3-15H2,1-2H3,(H2,18,19,20). The maximum absolute atomic E-state index is 11.5. The van der Waals surface area contributed by atoms with E-state index in [2.05, 4.69) is 20.5 Å². The Bertz CT molecular complexity index is 516. The lowest BCUT2D eigenvalue weighted by molar-refractivity contribution is 0.138. The number of hydrogen-bond acceptors (Lipinski definition) is 5. The van der Waals surface area contributed by atoms with Crippen molar-refractivity contribution in [1.82, 2.24) is 15.5 Å². The lowest BCUT2D eigenvalue weighted by atomic mass is 9.83. The molecule has 0 aromatic rings. The van der Waals surface area contributed by atoms with Gasteiger partial charge in [-0.15, -0.1) is 0 Å². The quantitative estimate of drug-likeness (QED) is 0.475. The van der Waals surface area contributed by atoms with E-state index in [1.165, 1.54) is 25.7 Å². The van der Waals surface area contributed by atoms with Crippen molar-refractivity contribution in [2.75, 3.05) is 65.0 Å². The SMILES string of the molecule is CN=C(NCCN1CCS(=O)(=O)CC1)NCC1(CCOC)CCCC1. The Labute approximate surface area is 152 Å². The van der Waals surface area contributed by atoms with Gasteiger partial charge in [-0.3, -0.25) is 9.89 Å². The van der Waals surface area contributed by atoms with Gasteiger partial charge in [-0.1, -0.05) is 12.8 Å². The highest BCUT2D eigenvalue weighted by Gasteiger charge is 2.33. The predicted molar refractivity (Wildman–Crippen MR) is 102 cm³/mol. The number of methoxy groups -OCH3 is 1. The van der Waals surface area contributed by atoms with Crippen LogP contribution >= 0.6 is 0 Å². The van der Waals surface area contributed by atoms with Crippen LogP contribution in [0.1, 0.15) is 32.1 Å². The minimum Gasteiger partial charge on any atom is -0.385 e. The van der Waals surface area contributed by atoms with E-state index >= 15 is 0 Å². The summed E-state index contributed by atoms with van der Waals surface area (Å²) < 4.78 is 28.2. The van der Waals surface area contributed by atoms with Gasteiger partial charge >= 0.3 is 0 Å². The molecule has 2 rings (SSSR count). The summed E-state index contributed by atoms with van der Waals surface area (Å²) in [6.45, 7) is 4.62. The summed E-state index contributed by atoms with van der Waals surface area (Å²) in [5.41, 5.74) is 0.328. The van der Waals surface area contributed by atoms with Crippen LogP contribution < -0.4 is 10.6 Å². The first-order valence-electron chi connectivity index (χ1n) is 9.35. The van der Waals surface area contributed by atoms with Gasteiger partial charge in [0.25, 0.3) is 0 Å². The second-order valence-electron chi connectivity index (χ2n) is 7.30. The van der Waals surface area contributed by atoms with Crippen molar-refractivity contribution >= 4 is 15.8 Å². The van der Waals surface area contributed by atoms with E-state index in [-0.39, 0.29) is 11.5 Å². The maximum Gasteiger partial charge on any atom is 0.191 e. The van der Waals surface area contributed by atoms with Crippen LogP contribution in [0.15, 0.2) is 4.99 Å². The number of sulfone groups is 1. The topological polar surface area (TPSA) is 83.0 Å². The van der Waals surface area contributed by atoms with Gasteiger partial charge in [0.1, 0.15) is 0 Å². The van der Waals surface area contributed by atoms with Gasteiger partial charge < -0.3 is 15.4 Å². The monoisotopic (exact) mass is 374 g/mol. The first kappa shape index (κ1) is 20.5. The first-order valence-corrected chi connectivity index (χ1v) is 11.2. The van der Waals surface area contributed by atoms with Gasteiger partial charge in [-0.05, 0) is 24.7 Å². The molecule has 1 saturated heterocycles. The highest BCUT2D eigenvalue weighted by molar-refractivity contribution is 7.91. The van der Waals surface area contributed by atoms with Crippen LogP contribution in [0.4, 0.5) is 0 Å². The smallest absolute Gasteiger partial charge is 0.191 e. The van der Waals surface area contributed by atoms with E-state index in [1.807, 2.05) is 0 Å². The number of guanidine groups is 1. The fourth-order valence-electron chi connectivity index (χ4n) is 3.76. The molecule has 0 unspecified atom stereocenters. The molecule has 146 valence electrons. The second-order valence-corrected chi connectivity index (χ2v) is 9.60. The van der Waals surface area contributed by atoms with E-state index in [0.717, 1.165) is 38.6 Å². The molecule has 2 aliphatic rings. The summed E-state index contributed by atoms with van der Waals surface area (Å²) in [5, 5.41) is 6.83. The summed E-state index contributed by atoms with van der Waals surface area (Å²) in [7, 11) is 0.754. The molecule has 1 saturated carbocycles. The Morgan fingerprint density at radius 1 is 1.20 bits per heavy atom. The highest BCUT2D eigenvalue weighted by atomic mass is 32.2. The van der Waals surface area contributed by atoms with Crippen molar-refractivity contribution in [3.63, 3.8) is 0 Å². The van der Waals surface area contributed by atoms with Gasteiger partial charge in [0.05, 0.1) is 11.5 Å². The molecule has 2 N–H and O–H groups in total. The van der Waals surface area contributed by atoms with E-state index in [9.17, 15) is 8.42 Å². The third-order valence-corrected chi connectivity index (χ3v) is 7.12. The Morgan fingerprint density at radius 3 is 2.48 bits per heavy atom. The molecule has 0 spiro atoms. The van der Waals surface area contributed by atoms with Crippen LogP contribution in [0.3, 0.4) is 0 Å². The molecule has 0 aromatic heterocycles. The van der Waals surface area contributed by atoms with Crippen LogP contribution in [0.25, 0.3) is 0 Å². The third kappa shape index (κ3) is 6.75. The number of aliphatic imine (C=N–C) groups is 1. The number of nitrogens with zero attached hydrogens (tertiary/aromatic N) is 2. The highest BCUT2D eigenvalue weighted by Crippen LogP contribution is 2.40. The van der Waals surface area contributed by atoms with Crippen molar-refractivity contribution in [1.29, 1.82) is 0 Å². The Balaban J connectivity index is 1.70. The molecular formula is C17H34N4O3S. The zero-order chi connectivity index (χ0) is 18.2. The molecular weight excluding hydrogens is 340 g/mol. The number of ether oxygens (including phenoxy) is 1. The third-order valence-electron chi connectivity index (χ3n) is 5.51.